The summed E-state index contributed by atoms with van der Waals surface area (Å²) in [7, 11) is 0. The van der Waals surface area contributed by atoms with Gasteiger partial charge in [-0.2, -0.15) is 0 Å². The Morgan fingerprint density at radius 2 is 1.73 bits per heavy atom. The molecular weight excluding hydrogens is 403 g/mol. The average molecular weight is 422 g/mol. The maximum Gasteiger partial charge on any atom is 0.336 e. The molecule has 1 saturated carbocycles. The van der Waals surface area contributed by atoms with Gasteiger partial charge in [-0.1, -0.05) is 22.6 Å². The highest BCUT2D eigenvalue weighted by molar-refractivity contribution is 14.1. The van der Waals surface area contributed by atoms with Crippen LogP contribution < -0.4 is 5.32 Å². The van der Waals surface area contributed by atoms with Gasteiger partial charge in [-0.3, -0.25) is 14.4 Å². The summed E-state index contributed by atoms with van der Waals surface area (Å²) in [5.74, 6) is -1.29. The molecule has 122 valence electrons. The van der Waals surface area contributed by atoms with E-state index in [2.05, 4.69) is 5.32 Å². The van der Waals surface area contributed by atoms with E-state index in [0.717, 1.165) is 12.8 Å². The first-order valence-electron chi connectivity index (χ1n) is 7.41. The number of hydrogen-bond acceptors (Lipinski definition) is 5. The zero-order chi connectivity index (χ0) is 16.1. The molecule has 3 amide bonds. The number of carbonyl (C=O) groups excluding carboxylic acids is 4. The molecule has 0 aromatic carbocycles. The summed E-state index contributed by atoms with van der Waals surface area (Å²) in [4.78, 5) is 51.0. The highest BCUT2D eigenvalue weighted by Crippen LogP contribution is 2.30. The molecule has 0 bridgehead atoms. The van der Waals surface area contributed by atoms with E-state index in [1.807, 2.05) is 22.6 Å². The van der Waals surface area contributed by atoms with Crippen molar-refractivity contribution < 1.29 is 24.0 Å². The number of amides is 3. The van der Waals surface area contributed by atoms with Crippen LogP contribution in [0.1, 0.15) is 38.5 Å². The molecule has 7 nitrogen and oxygen atoms in total. The number of alkyl halides is 1. The molecule has 2 aliphatic rings. The van der Waals surface area contributed by atoms with Crippen LogP contribution in [-0.4, -0.2) is 39.7 Å². The third-order valence-corrected chi connectivity index (χ3v) is 4.77. The summed E-state index contributed by atoms with van der Waals surface area (Å²) in [6.07, 6.45) is 3.16. The Bertz CT molecular complexity index is 458. The van der Waals surface area contributed by atoms with Gasteiger partial charge in [0.05, 0.1) is 10.3 Å². The summed E-state index contributed by atoms with van der Waals surface area (Å²) >= 11 is 2.01. The lowest BCUT2D eigenvalue weighted by Crippen LogP contribution is -2.37. The van der Waals surface area contributed by atoms with E-state index in [-0.39, 0.29) is 24.7 Å². The van der Waals surface area contributed by atoms with Gasteiger partial charge < -0.3 is 10.2 Å². The van der Waals surface area contributed by atoms with Gasteiger partial charge in [-0.25, -0.2) is 4.79 Å². The number of hydroxylamine groups is 2. The summed E-state index contributed by atoms with van der Waals surface area (Å²) in [6, 6.07) is 0. The largest absolute Gasteiger partial charge is 0.355 e. The molecule has 0 spiro atoms. The molecule has 0 aromatic heterocycles. The Hall–Kier alpha value is -1.19. The summed E-state index contributed by atoms with van der Waals surface area (Å²) in [5, 5.41) is 3.46. The number of halogens is 1. The molecule has 1 saturated heterocycles. The maximum absolute atomic E-state index is 12.0. The van der Waals surface area contributed by atoms with Crippen molar-refractivity contribution in [3.05, 3.63) is 0 Å². The van der Waals surface area contributed by atoms with Gasteiger partial charge >= 0.3 is 5.97 Å². The van der Waals surface area contributed by atoms with Crippen LogP contribution >= 0.6 is 22.6 Å². The molecule has 22 heavy (non-hydrogen) atoms. The van der Waals surface area contributed by atoms with Gasteiger partial charge in [0.25, 0.3) is 11.8 Å². The van der Waals surface area contributed by atoms with Crippen molar-refractivity contribution in [1.82, 2.24) is 10.4 Å². The Balaban J connectivity index is 1.74. The van der Waals surface area contributed by atoms with E-state index in [0.29, 0.717) is 34.8 Å². The van der Waals surface area contributed by atoms with Crippen molar-refractivity contribution in [3.8, 4) is 0 Å². The van der Waals surface area contributed by atoms with Crippen molar-refractivity contribution in [2.24, 2.45) is 11.8 Å². The molecule has 0 unspecified atom stereocenters. The zero-order valence-electron chi connectivity index (χ0n) is 12.2. The van der Waals surface area contributed by atoms with Crippen LogP contribution in [0, 0.1) is 11.8 Å². The number of rotatable bonds is 5. The fraction of sp³-hybridized carbons (Fsp3) is 0.714. The second-order valence-corrected chi connectivity index (χ2v) is 6.41. The monoisotopic (exact) mass is 422 g/mol. The molecule has 2 rings (SSSR count). The summed E-state index contributed by atoms with van der Waals surface area (Å²) < 4.78 is 0.442. The normalized spacial score (nSPS) is 25.2. The minimum atomic E-state index is -0.502. The maximum atomic E-state index is 12.0. The Kier molecular flexibility index (Phi) is 6.16. The van der Waals surface area contributed by atoms with Crippen molar-refractivity contribution >= 4 is 46.3 Å². The highest BCUT2D eigenvalue weighted by atomic mass is 127. The van der Waals surface area contributed by atoms with E-state index in [9.17, 15) is 19.2 Å². The van der Waals surface area contributed by atoms with Crippen molar-refractivity contribution in [1.29, 1.82) is 0 Å². The smallest absolute Gasteiger partial charge is 0.336 e. The third kappa shape index (κ3) is 4.40. The number of carbonyl (C=O) groups is 4. The minimum Gasteiger partial charge on any atom is -0.355 e. The molecular formula is C14H19IN2O5. The van der Waals surface area contributed by atoms with Gasteiger partial charge in [0.2, 0.25) is 5.91 Å². The van der Waals surface area contributed by atoms with Crippen LogP contribution in [0.2, 0.25) is 0 Å². The molecule has 0 radical (unpaired) electrons. The molecule has 0 atom stereocenters. The summed E-state index contributed by atoms with van der Waals surface area (Å²) in [5.41, 5.74) is 0. The predicted molar refractivity (Wildman–Crippen MR) is 84.5 cm³/mol. The number of nitrogens with zero attached hydrogens (tertiary/aromatic N) is 1. The first-order valence-corrected chi connectivity index (χ1v) is 8.94. The molecule has 1 aliphatic carbocycles. The van der Waals surface area contributed by atoms with Crippen LogP contribution in [0.4, 0.5) is 0 Å². The van der Waals surface area contributed by atoms with Crippen LogP contribution in [-0.2, 0) is 24.0 Å². The molecule has 1 aliphatic heterocycles. The van der Waals surface area contributed by atoms with Crippen molar-refractivity contribution in [3.63, 3.8) is 0 Å². The fourth-order valence-electron chi connectivity index (χ4n) is 2.73. The first kappa shape index (κ1) is 17.2. The van der Waals surface area contributed by atoms with Gasteiger partial charge in [0.1, 0.15) is 0 Å². The molecule has 2 fully saturated rings. The van der Waals surface area contributed by atoms with E-state index >= 15 is 0 Å². The topological polar surface area (TPSA) is 92.8 Å². The standard InChI is InChI=1S/C14H19IN2O5/c15-7-11(18)16-8-9-1-3-10(4-2-9)14(21)22-17-12(19)5-6-13(17)20/h9-10H,1-8H2,(H,16,18). The number of hydrogen-bond donors (Lipinski definition) is 1. The van der Waals surface area contributed by atoms with Crippen molar-refractivity contribution in [2.45, 2.75) is 38.5 Å². The van der Waals surface area contributed by atoms with Gasteiger partial charge in [0, 0.05) is 19.4 Å². The van der Waals surface area contributed by atoms with E-state index in [1.165, 1.54) is 0 Å². The predicted octanol–water partition coefficient (Wildman–Crippen LogP) is 0.951. The van der Waals surface area contributed by atoms with E-state index < -0.39 is 17.8 Å². The average Bonchev–Trinajstić information content (AvgIpc) is 2.84. The molecule has 0 aromatic rings. The number of nitrogens with one attached hydrogen (secondary N) is 1. The first-order chi connectivity index (χ1) is 10.5. The van der Waals surface area contributed by atoms with Crippen LogP contribution in [0.3, 0.4) is 0 Å². The molecule has 1 N–H and O–H groups in total. The lowest BCUT2D eigenvalue weighted by Gasteiger charge is -2.27. The lowest BCUT2D eigenvalue weighted by atomic mass is 9.82. The van der Waals surface area contributed by atoms with Crippen LogP contribution in [0.5, 0.6) is 0 Å². The molecule has 1 heterocycles. The minimum absolute atomic E-state index is 0.0215. The third-order valence-electron chi connectivity index (χ3n) is 4.08. The van der Waals surface area contributed by atoms with E-state index in [1.54, 1.807) is 0 Å². The Morgan fingerprint density at radius 1 is 1.14 bits per heavy atom. The van der Waals surface area contributed by atoms with Gasteiger partial charge in [0.15, 0.2) is 0 Å². The van der Waals surface area contributed by atoms with Crippen molar-refractivity contribution in [2.75, 3.05) is 11.0 Å². The Morgan fingerprint density at radius 3 is 2.27 bits per heavy atom. The highest BCUT2D eigenvalue weighted by Gasteiger charge is 2.36. The number of imide groups is 1. The fourth-order valence-corrected chi connectivity index (χ4v) is 3.00. The van der Waals surface area contributed by atoms with Crippen LogP contribution in [0.15, 0.2) is 0 Å². The van der Waals surface area contributed by atoms with Gasteiger partial charge in [-0.05, 0) is 31.6 Å². The second kappa shape index (κ2) is 7.89. The van der Waals surface area contributed by atoms with E-state index in [4.69, 9.17) is 4.84 Å². The SMILES string of the molecule is O=C(CI)NCC1CCC(C(=O)ON2C(=O)CCC2=O)CC1. The zero-order valence-corrected chi connectivity index (χ0v) is 14.3. The lowest BCUT2D eigenvalue weighted by molar-refractivity contribution is -0.201. The molecule has 8 heteroatoms. The quantitative estimate of drug-likeness (QED) is 0.405. The Labute approximate surface area is 142 Å². The van der Waals surface area contributed by atoms with Crippen LogP contribution in [0.25, 0.3) is 0 Å². The van der Waals surface area contributed by atoms with Gasteiger partial charge in [-0.15, -0.1) is 5.06 Å². The summed E-state index contributed by atoms with van der Waals surface area (Å²) in [6.45, 7) is 0.632. The second-order valence-electron chi connectivity index (χ2n) is 5.65.